The monoisotopic (exact) mass is 271 g/mol. The van der Waals surface area contributed by atoms with Gasteiger partial charge in [-0.25, -0.2) is 0 Å². The van der Waals surface area contributed by atoms with Crippen molar-refractivity contribution in [3.05, 3.63) is 59.3 Å². The standard InChI is InChI=1S/C14H13N3OS/c15-11(10-5-2-1-3-6-10)9-13-16-14(17-18-13)12-7-4-8-19-12/h1-8,11H,9,15H2. The topological polar surface area (TPSA) is 64.9 Å². The molecule has 2 heterocycles. The lowest BCUT2D eigenvalue weighted by Gasteiger charge is -2.08. The van der Waals surface area contributed by atoms with Crippen molar-refractivity contribution in [1.82, 2.24) is 10.1 Å². The van der Waals surface area contributed by atoms with Crippen LogP contribution in [0.2, 0.25) is 0 Å². The van der Waals surface area contributed by atoms with Crippen molar-refractivity contribution in [2.75, 3.05) is 0 Å². The summed E-state index contributed by atoms with van der Waals surface area (Å²) in [7, 11) is 0. The van der Waals surface area contributed by atoms with Gasteiger partial charge in [-0.1, -0.05) is 41.6 Å². The molecule has 2 N–H and O–H groups in total. The molecule has 19 heavy (non-hydrogen) atoms. The first kappa shape index (κ1) is 12.1. The molecule has 4 nitrogen and oxygen atoms in total. The van der Waals surface area contributed by atoms with Crippen LogP contribution in [0.25, 0.3) is 10.7 Å². The number of nitrogens with zero attached hydrogens (tertiary/aromatic N) is 2. The predicted octanol–water partition coefficient (Wildman–Crippen LogP) is 3.04. The van der Waals surface area contributed by atoms with Crippen LogP contribution in [0.1, 0.15) is 17.5 Å². The van der Waals surface area contributed by atoms with Crippen LogP contribution in [0, 0.1) is 0 Å². The summed E-state index contributed by atoms with van der Waals surface area (Å²) >= 11 is 1.59. The summed E-state index contributed by atoms with van der Waals surface area (Å²) in [5, 5.41) is 5.96. The number of rotatable bonds is 4. The maximum Gasteiger partial charge on any atom is 0.228 e. The van der Waals surface area contributed by atoms with Crippen LogP contribution in [0.3, 0.4) is 0 Å². The van der Waals surface area contributed by atoms with E-state index < -0.39 is 0 Å². The summed E-state index contributed by atoms with van der Waals surface area (Å²) in [6, 6.07) is 13.7. The molecule has 0 saturated carbocycles. The van der Waals surface area contributed by atoms with Crippen molar-refractivity contribution in [1.29, 1.82) is 0 Å². The molecule has 1 atom stereocenters. The second kappa shape index (κ2) is 5.34. The van der Waals surface area contributed by atoms with Crippen molar-refractivity contribution in [3.8, 4) is 10.7 Å². The van der Waals surface area contributed by atoms with Gasteiger partial charge in [0.05, 0.1) is 4.88 Å². The molecule has 1 aromatic carbocycles. The zero-order valence-electron chi connectivity index (χ0n) is 10.2. The quantitative estimate of drug-likeness (QED) is 0.792. The zero-order valence-corrected chi connectivity index (χ0v) is 11.0. The van der Waals surface area contributed by atoms with E-state index in [1.165, 1.54) is 0 Å². The largest absolute Gasteiger partial charge is 0.339 e. The minimum atomic E-state index is -0.127. The van der Waals surface area contributed by atoms with Gasteiger partial charge >= 0.3 is 0 Å². The first-order valence-electron chi connectivity index (χ1n) is 6.00. The smallest absolute Gasteiger partial charge is 0.228 e. The average Bonchev–Trinajstić information content (AvgIpc) is 3.10. The lowest BCUT2D eigenvalue weighted by molar-refractivity contribution is 0.370. The van der Waals surface area contributed by atoms with E-state index in [9.17, 15) is 0 Å². The number of thiophene rings is 1. The van der Waals surface area contributed by atoms with Crippen LogP contribution in [0.15, 0.2) is 52.4 Å². The number of hydrogen-bond donors (Lipinski definition) is 1. The Morgan fingerprint density at radius 1 is 1.16 bits per heavy atom. The fourth-order valence-electron chi connectivity index (χ4n) is 1.85. The van der Waals surface area contributed by atoms with Crippen LogP contribution in [0.5, 0.6) is 0 Å². The van der Waals surface area contributed by atoms with Gasteiger partial charge in [0.2, 0.25) is 11.7 Å². The van der Waals surface area contributed by atoms with Crippen molar-refractivity contribution >= 4 is 11.3 Å². The van der Waals surface area contributed by atoms with Crippen molar-refractivity contribution in [2.24, 2.45) is 5.73 Å². The molecular weight excluding hydrogens is 258 g/mol. The summed E-state index contributed by atoms with van der Waals surface area (Å²) in [5.74, 6) is 1.20. The van der Waals surface area contributed by atoms with E-state index in [2.05, 4.69) is 10.1 Å². The molecule has 0 radical (unpaired) electrons. The molecule has 0 spiro atoms. The molecule has 3 aromatic rings. The Bertz CT molecular complexity index is 634. The van der Waals surface area contributed by atoms with Crippen LogP contribution >= 0.6 is 11.3 Å². The molecule has 0 fully saturated rings. The lowest BCUT2D eigenvalue weighted by Crippen LogP contribution is -2.13. The molecule has 3 rings (SSSR count). The Balaban J connectivity index is 1.74. The molecule has 1 unspecified atom stereocenters. The third-order valence-electron chi connectivity index (χ3n) is 2.83. The van der Waals surface area contributed by atoms with Gasteiger partial charge in [0.15, 0.2) is 0 Å². The normalized spacial score (nSPS) is 12.5. The highest BCUT2D eigenvalue weighted by Gasteiger charge is 2.13. The van der Waals surface area contributed by atoms with E-state index in [1.54, 1.807) is 11.3 Å². The Morgan fingerprint density at radius 2 is 2.00 bits per heavy atom. The van der Waals surface area contributed by atoms with E-state index in [0.717, 1.165) is 10.4 Å². The van der Waals surface area contributed by atoms with E-state index in [1.807, 2.05) is 47.8 Å². The van der Waals surface area contributed by atoms with Crippen molar-refractivity contribution in [3.63, 3.8) is 0 Å². The fourth-order valence-corrected chi connectivity index (χ4v) is 2.50. The molecule has 96 valence electrons. The van der Waals surface area contributed by atoms with Gasteiger partial charge in [-0.3, -0.25) is 0 Å². The van der Waals surface area contributed by atoms with E-state index in [4.69, 9.17) is 10.3 Å². The van der Waals surface area contributed by atoms with Crippen LogP contribution in [-0.2, 0) is 6.42 Å². The van der Waals surface area contributed by atoms with Crippen molar-refractivity contribution in [2.45, 2.75) is 12.5 Å². The van der Waals surface area contributed by atoms with Gasteiger partial charge in [0.25, 0.3) is 0 Å². The molecular formula is C14H13N3OS. The molecule has 5 heteroatoms. The maximum atomic E-state index is 6.13. The van der Waals surface area contributed by atoms with Gasteiger partial charge in [-0.05, 0) is 17.0 Å². The summed E-state index contributed by atoms with van der Waals surface area (Å²) in [4.78, 5) is 5.37. The highest BCUT2D eigenvalue weighted by atomic mass is 32.1. The number of aromatic nitrogens is 2. The van der Waals surface area contributed by atoms with Crippen molar-refractivity contribution < 1.29 is 4.52 Å². The summed E-state index contributed by atoms with van der Waals surface area (Å²) in [6.07, 6.45) is 0.544. The van der Waals surface area contributed by atoms with Crippen LogP contribution in [0.4, 0.5) is 0 Å². The van der Waals surface area contributed by atoms with Gasteiger partial charge < -0.3 is 10.3 Å². The van der Waals surface area contributed by atoms with E-state index >= 15 is 0 Å². The second-order valence-corrected chi connectivity index (χ2v) is 5.16. The summed E-state index contributed by atoms with van der Waals surface area (Å²) < 4.78 is 5.25. The number of nitrogens with two attached hydrogens (primary N) is 1. The highest BCUT2D eigenvalue weighted by Crippen LogP contribution is 2.22. The Labute approximate surface area is 114 Å². The Morgan fingerprint density at radius 3 is 2.74 bits per heavy atom. The van der Waals surface area contributed by atoms with Gasteiger partial charge in [-0.15, -0.1) is 11.3 Å². The lowest BCUT2D eigenvalue weighted by atomic mass is 10.1. The molecule has 0 saturated heterocycles. The average molecular weight is 271 g/mol. The molecule has 0 aliphatic heterocycles. The molecule has 0 aliphatic carbocycles. The SMILES string of the molecule is NC(Cc1nc(-c2cccs2)no1)c1ccccc1. The van der Waals surface area contributed by atoms with Crippen LogP contribution < -0.4 is 5.73 Å². The molecule has 2 aromatic heterocycles. The molecule has 0 bridgehead atoms. The first-order chi connectivity index (χ1) is 9.33. The second-order valence-electron chi connectivity index (χ2n) is 4.21. The minimum Gasteiger partial charge on any atom is -0.339 e. The molecule has 0 amide bonds. The fraction of sp³-hybridized carbons (Fsp3) is 0.143. The zero-order chi connectivity index (χ0) is 13.1. The molecule has 0 aliphatic rings. The maximum absolute atomic E-state index is 6.13. The van der Waals surface area contributed by atoms with Gasteiger partial charge in [-0.2, -0.15) is 4.98 Å². The Hall–Kier alpha value is -1.98. The van der Waals surface area contributed by atoms with E-state index in [0.29, 0.717) is 18.1 Å². The predicted molar refractivity (Wildman–Crippen MR) is 74.7 cm³/mol. The Kier molecular flexibility index (Phi) is 3.39. The summed E-state index contributed by atoms with van der Waals surface area (Å²) in [5.41, 5.74) is 7.20. The third-order valence-corrected chi connectivity index (χ3v) is 3.70. The summed E-state index contributed by atoms with van der Waals surface area (Å²) in [6.45, 7) is 0. The van der Waals surface area contributed by atoms with Gasteiger partial charge in [0, 0.05) is 12.5 Å². The van der Waals surface area contributed by atoms with Crippen LogP contribution in [-0.4, -0.2) is 10.1 Å². The minimum absolute atomic E-state index is 0.127. The highest BCUT2D eigenvalue weighted by molar-refractivity contribution is 7.13. The number of hydrogen-bond acceptors (Lipinski definition) is 5. The number of benzene rings is 1. The van der Waals surface area contributed by atoms with E-state index in [-0.39, 0.29) is 6.04 Å². The van der Waals surface area contributed by atoms with Gasteiger partial charge in [0.1, 0.15) is 0 Å². The third kappa shape index (κ3) is 2.72. The first-order valence-corrected chi connectivity index (χ1v) is 6.88.